The molecule has 0 atom stereocenters. The number of rotatable bonds is 5. The molecule has 0 unspecified atom stereocenters. The van der Waals surface area contributed by atoms with E-state index in [1.807, 2.05) is 25.4 Å². The molecule has 0 amide bonds. The molecule has 4 nitrogen and oxygen atoms in total. The molecule has 19 heavy (non-hydrogen) atoms. The molecule has 2 aromatic heterocycles. The van der Waals surface area contributed by atoms with Crippen LogP contribution in [0.2, 0.25) is 0 Å². The van der Waals surface area contributed by atoms with Crippen molar-refractivity contribution in [3.63, 3.8) is 0 Å². The Hall–Kier alpha value is -1.46. The highest BCUT2D eigenvalue weighted by molar-refractivity contribution is 7.99. The number of nitrogens with zero attached hydrogens (tertiary/aromatic N) is 3. The molecular formula is C14H18N4S. The topological polar surface area (TPSA) is 50.7 Å². The molecule has 0 aliphatic heterocycles. The quantitative estimate of drug-likeness (QED) is 0.850. The van der Waals surface area contributed by atoms with Crippen molar-refractivity contribution in [3.8, 4) is 0 Å². The van der Waals surface area contributed by atoms with Crippen LogP contribution in [0.15, 0.2) is 34.7 Å². The summed E-state index contributed by atoms with van der Waals surface area (Å²) in [5.41, 5.74) is 3.32. The van der Waals surface area contributed by atoms with Gasteiger partial charge >= 0.3 is 0 Å². The van der Waals surface area contributed by atoms with Gasteiger partial charge in [-0.25, -0.2) is 15.0 Å². The first-order chi connectivity index (χ1) is 9.17. The summed E-state index contributed by atoms with van der Waals surface area (Å²) in [4.78, 5) is 13.2. The number of aromatic nitrogens is 3. The highest BCUT2D eigenvalue weighted by Crippen LogP contribution is 2.23. The van der Waals surface area contributed by atoms with Crippen LogP contribution in [0.4, 0.5) is 0 Å². The largest absolute Gasteiger partial charge is 0.313 e. The van der Waals surface area contributed by atoms with Crippen LogP contribution in [0.25, 0.3) is 0 Å². The molecule has 0 spiro atoms. The molecule has 0 aliphatic carbocycles. The lowest BCUT2D eigenvalue weighted by Crippen LogP contribution is -2.12. The first kappa shape index (κ1) is 14.0. The summed E-state index contributed by atoms with van der Waals surface area (Å²) in [6.45, 7) is 7.90. The minimum atomic E-state index is 0.734. The fourth-order valence-electron chi connectivity index (χ4n) is 1.71. The van der Waals surface area contributed by atoms with E-state index >= 15 is 0 Å². The second kappa shape index (κ2) is 6.63. The van der Waals surface area contributed by atoms with Gasteiger partial charge in [0, 0.05) is 30.2 Å². The van der Waals surface area contributed by atoms with Crippen molar-refractivity contribution in [2.75, 3.05) is 6.54 Å². The summed E-state index contributed by atoms with van der Waals surface area (Å²) < 4.78 is 0. The second-order valence-electron chi connectivity index (χ2n) is 4.38. The Kier molecular flexibility index (Phi) is 4.87. The summed E-state index contributed by atoms with van der Waals surface area (Å²) in [5.74, 6) is 0. The van der Waals surface area contributed by atoms with E-state index in [4.69, 9.17) is 0 Å². The SMILES string of the molecule is CCNCc1cnc(Sc2cc(C)cc(C)n2)nc1. The highest BCUT2D eigenvalue weighted by Gasteiger charge is 2.03. The van der Waals surface area contributed by atoms with E-state index in [0.717, 1.165) is 34.5 Å². The Labute approximate surface area is 118 Å². The van der Waals surface area contributed by atoms with Crippen molar-refractivity contribution in [2.24, 2.45) is 0 Å². The van der Waals surface area contributed by atoms with E-state index in [-0.39, 0.29) is 0 Å². The smallest absolute Gasteiger partial charge is 0.193 e. The second-order valence-corrected chi connectivity index (χ2v) is 5.37. The summed E-state index contributed by atoms with van der Waals surface area (Å²) in [5, 5.41) is 4.93. The number of nitrogens with one attached hydrogen (secondary N) is 1. The van der Waals surface area contributed by atoms with E-state index in [0.29, 0.717) is 0 Å². The Balaban J connectivity index is 2.06. The molecule has 0 aliphatic rings. The minimum absolute atomic E-state index is 0.734. The number of aryl methyl sites for hydroxylation is 2. The molecule has 0 saturated carbocycles. The Morgan fingerprint density at radius 2 is 1.89 bits per heavy atom. The number of pyridine rings is 1. The molecule has 0 saturated heterocycles. The van der Waals surface area contributed by atoms with E-state index in [2.05, 4.69) is 40.2 Å². The molecule has 0 fully saturated rings. The normalized spacial score (nSPS) is 10.7. The van der Waals surface area contributed by atoms with E-state index < -0.39 is 0 Å². The van der Waals surface area contributed by atoms with Crippen LogP contribution in [0.1, 0.15) is 23.7 Å². The van der Waals surface area contributed by atoms with Crippen molar-refractivity contribution in [1.29, 1.82) is 0 Å². The van der Waals surface area contributed by atoms with Crippen LogP contribution in [0, 0.1) is 13.8 Å². The summed E-state index contributed by atoms with van der Waals surface area (Å²) in [6, 6.07) is 4.11. The van der Waals surface area contributed by atoms with Gasteiger partial charge in [-0.1, -0.05) is 6.92 Å². The maximum atomic E-state index is 4.47. The number of hydrogen-bond acceptors (Lipinski definition) is 5. The van der Waals surface area contributed by atoms with Crippen molar-refractivity contribution in [3.05, 3.63) is 41.3 Å². The lowest BCUT2D eigenvalue weighted by atomic mass is 10.3. The first-order valence-corrected chi connectivity index (χ1v) is 7.14. The summed E-state index contributed by atoms with van der Waals surface area (Å²) >= 11 is 1.49. The standard InChI is InChI=1S/C14H18N4S/c1-4-15-7-12-8-16-14(17-9-12)19-13-6-10(2)5-11(3)18-13/h5-6,8-9,15H,4,7H2,1-3H3. The molecular weight excluding hydrogens is 256 g/mol. The maximum Gasteiger partial charge on any atom is 0.193 e. The van der Waals surface area contributed by atoms with Gasteiger partial charge in [0.1, 0.15) is 5.03 Å². The molecule has 0 radical (unpaired) electrons. The van der Waals surface area contributed by atoms with Crippen molar-refractivity contribution in [1.82, 2.24) is 20.3 Å². The molecule has 1 N–H and O–H groups in total. The number of hydrogen-bond donors (Lipinski definition) is 1. The van der Waals surface area contributed by atoms with Gasteiger partial charge in [-0.15, -0.1) is 0 Å². The monoisotopic (exact) mass is 274 g/mol. The van der Waals surface area contributed by atoms with Crippen LogP contribution < -0.4 is 5.32 Å². The maximum absolute atomic E-state index is 4.47. The van der Waals surface area contributed by atoms with E-state index in [1.165, 1.54) is 17.3 Å². The van der Waals surface area contributed by atoms with Crippen LogP contribution in [-0.4, -0.2) is 21.5 Å². The molecule has 2 rings (SSSR count). The summed E-state index contributed by atoms with van der Waals surface area (Å²) in [6.07, 6.45) is 3.72. The fourth-order valence-corrected chi connectivity index (χ4v) is 2.54. The zero-order valence-corrected chi connectivity index (χ0v) is 12.3. The third kappa shape index (κ3) is 4.29. The predicted octanol–water partition coefficient (Wildman–Crippen LogP) is 2.75. The van der Waals surface area contributed by atoms with Crippen LogP contribution >= 0.6 is 11.8 Å². The first-order valence-electron chi connectivity index (χ1n) is 6.32. The van der Waals surface area contributed by atoms with Crippen molar-refractivity contribution < 1.29 is 0 Å². The van der Waals surface area contributed by atoms with Gasteiger partial charge in [0.2, 0.25) is 0 Å². The van der Waals surface area contributed by atoms with E-state index in [1.54, 1.807) is 0 Å². The third-order valence-electron chi connectivity index (χ3n) is 2.53. The van der Waals surface area contributed by atoms with Crippen LogP contribution in [-0.2, 0) is 6.54 Å². The zero-order valence-electron chi connectivity index (χ0n) is 11.5. The fraction of sp³-hybridized carbons (Fsp3) is 0.357. The lowest BCUT2D eigenvalue weighted by molar-refractivity contribution is 0.716. The Morgan fingerprint density at radius 3 is 2.53 bits per heavy atom. The highest BCUT2D eigenvalue weighted by atomic mass is 32.2. The predicted molar refractivity (Wildman–Crippen MR) is 77.2 cm³/mol. The average Bonchev–Trinajstić information content (AvgIpc) is 2.37. The third-order valence-corrected chi connectivity index (χ3v) is 3.34. The van der Waals surface area contributed by atoms with Gasteiger partial charge in [0.15, 0.2) is 5.16 Å². The molecule has 2 heterocycles. The van der Waals surface area contributed by atoms with Gasteiger partial charge in [-0.05, 0) is 49.9 Å². The van der Waals surface area contributed by atoms with Crippen molar-refractivity contribution in [2.45, 2.75) is 37.5 Å². The van der Waals surface area contributed by atoms with Crippen LogP contribution in [0.3, 0.4) is 0 Å². The lowest BCUT2D eigenvalue weighted by Gasteiger charge is -2.04. The minimum Gasteiger partial charge on any atom is -0.313 e. The van der Waals surface area contributed by atoms with Gasteiger partial charge in [-0.3, -0.25) is 0 Å². The molecule has 2 aromatic rings. The Morgan fingerprint density at radius 1 is 1.16 bits per heavy atom. The molecule has 5 heteroatoms. The molecule has 0 bridgehead atoms. The average molecular weight is 274 g/mol. The Bertz CT molecular complexity index is 519. The van der Waals surface area contributed by atoms with Gasteiger partial charge in [-0.2, -0.15) is 0 Å². The van der Waals surface area contributed by atoms with Gasteiger partial charge in [0.05, 0.1) is 0 Å². The molecule has 0 aromatic carbocycles. The van der Waals surface area contributed by atoms with Crippen molar-refractivity contribution >= 4 is 11.8 Å². The van der Waals surface area contributed by atoms with E-state index in [9.17, 15) is 0 Å². The molecule has 100 valence electrons. The van der Waals surface area contributed by atoms with Gasteiger partial charge < -0.3 is 5.32 Å². The zero-order chi connectivity index (χ0) is 13.7. The van der Waals surface area contributed by atoms with Gasteiger partial charge in [0.25, 0.3) is 0 Å². The summed E-state index contributed by atoms with van der Waals surface area (Å²) in [7, 11) is 0. The van der Waals surface area contributed by atoms with Crippen LogP contribution in [0.5, 0.6) is 0 Å².